The van der Waals surface area contributed by atoms with Gasteiger partial charge in [0.05, 0.1) is 16.5 Å². The first kappa shape index (κ1) is 19.0. The number of anilines is 2. The fourth-order valence-electron chi connectivity index (χ4n) is 2.02. The number of hydrogen-bond acceptors (Lipinski definition) is 6. The molecule has 0 atom stereocenters. The lowest BCUT2D eigenvalue weighted by Gasteiger charge is -2.06. The molecule has 1 amide bonds. The fourth-order valence-corrected chi connectivity index (χ4v) is 3.90. The van der Waals surface area contributed by atoms with Crippen LogP contribution >= 0.6 is 46.3 Å². The van der Waals surface area contributed by atoms with Crippen molar-refractivity contribution in [3.05, 3.63) is 64.1 Å². The second-order valence-electron chi connectivity index (χ2n) is 5.17. The molecule has 3 rings (SSSR count). The molecular weight excluding hydrogens is 411 g/mol. The summed E-state index contributed by atoms with van der Waals surface area (Å²) < 4.78 is 0.716. The monoisotopic (exact) mass is 424 g/mol. The first-order chi connectivity index (χ1) is 12.6. The number of carbonyl (C=O) groups is 1. The van der Waals surface area contributed by atoms with Gasteiger partial charge < -0.3 is 10.6 Å². The van der Waals surface area contributed by atoms with E-state index in [1.807, 2.05) is 30.3 Å². The second-order valence-corrected chi connectivity index (χ2v) is 8.22. The maximum absolute atomic E-state index is 12.1. The van der Waals surface area contributed by atoms with Crippen molar-refractivity contribution in [1.29, 1.82) is 0 Å². The number of carbonyl (C=O) groups excluding carboxylic acids is 1. The molecule has 0 spiro atoms. The van der Waals surface area contributed by atoms with E-state index >= 15 is 0 Å². The molecule has 0 aliphatic rings. The molecule has 5 nitrogen and oxygen atoms in total. The van der Waals surface area contributed by atoms with Crippen LogP contribution in [0.15, 0.2) is 52.9 Å². The summed E-state index contributed by atoms with van der Waals surface area (Å²) in [4.78, 5) is 12.1. The van der Waals surface area contributed by atoms with Gasteiger partial charge >= 0.3 is 0 Å². The van der Waals surface area contributed by atoms with Gasteiger partial charge in [0.15, 0.2) is 4.34 Å². The molecule has 1 aromatic heterocycles. The first-order valence-corrected chi connectivity index (χ1v) is 10.1. The minimum Gasteiger partial charge on any atom is -0.356 e. The molecule has 1 heterocycles. The van der Waals surface area contributed by atoms with Crippen LogP contribution in [0.5, 0.6) is 0 Å². The Balaban J connectivity index is 1.48. The Morgan fingerprint density at radius 2 is 1.92 bits per heavy atom. The zero-order valence-corrected chi connectivity index (χ0v) is 16.6. The van der Waals surface area contributed by atoms with Gasteiger partial charge in [0.1, 0.15) is 0 Å². The van der Waals surface area contributed by atoms with E-state index in [9.17, 15) is 4.79 Å². The standard InChI is InChI=1S/C17H14Cl2N4OS2/c18-12-6-7-13(19)14(8-12)21-15(24)10-25-17-23-22-16(26-17)20-9-11-4-2-1-3-5-11/h1-8H,9-10H2,(H,20,22)(H,21,24). The highest BCUT2D eigenvalue weighted by Gasteiger charge is 2.10. The smallest absolute Gasteiger partial charge is 0.234 e. The number of benzene rings is 2. The number of hydrogen-bond donors (Lipinski definition) is 2. The second kappa shape index (κ2) is 9.23. The molecule has 2 aromatic carbocycles. The van der Waals surface area contributed by atoms with Crippen molar-refractivity contribution in [3.63, 3.8) is 0 Å². The Bertz CT molecular complexity index is 889. The topological polar surface area (TPSA) is 66.9 Å². The minimum absolute atomic E-state index is 0.187. The van der Waals surface area contributed by atoms with E-state index in [0.717, 1.165) is 10.7 Å². The van der Waals surface area contributed by atoms with Crippen LogP contribution < -0.4 is 10.6 Å². The van der Waals surface area contributed by atoms with Crippen molar-refractivity contribution in [3.8, 4) is 0 Å². The molecular formula is C17H14Cl2N4OS2. The largest absolute Gasteiger partial charge is 0.356 e. The Hall–Kier alpha value is -1.80. The normalized spacial score (nSPS) is 10.5. The van der Waals surface area contributed by atoms with Crippen molar-refractivity contribution in [1.82, 2.24) is 10.2 Å². The molecule has 0 bridgehead atoms. The van der Waals surface area contributed by atoms with E-state index in [4.69, 9.17) is 23.2 Å². The molecule has 2 N–H and O–H groups in total. The fraction of sp³-hybridized carbons (Fsp3) is 0.118. The predicted molar refractivity (Wildman–Crippen MR) is 109 cm³/mol. The molecule has 0 saturated carbocycles. The molecule has 0 unspecified atom stereocenters. The molecule has 0 fully saturated rings. The minimum atomic E-state index is -0.187. The lowest BCUT2D eigenvalue weighted by Crippen LogP contribution is -2.14. The van der Waals surface area contributed by atoms with E-state index in [1.165, 1.54) is 23.1 Å². The summed E-state index contributed by atoms with van der Waals surface area (Å²) in [5, 5.41) is 15.8. The lowest BCUT2D eigenvalue weighted by atomic mass is 10.2. The maximum atomic E-state index is 12.1. The summed E-state index contributed by atoms with van der Waals surface area (Å²) in [6.07, 6.45) is 0. The van der Waals surface area contributed by atoms with Crippen LogP contribution in [0.4, 0.5) is 10.8 Å². The van der Waals surface area contributed by atoms with Gasteiger partial charge in [0.25, 0.3) is 0 Å². The molecule has 9 heteroatoms. The number of nitrogens with zero attached hydrogens (tertiary/aromatic N) is 2. The van der Waals surface area contributed by atoms with Gasteiger partial charge in [0, 0.05) is 11.6 Å². The molecule has 0 aliphatic heterocycles. The lowest BCUT2D eigenvalue weighted by molar-refractivity contribution is -0.113. The van der Waals surface area contributed by atoms with E-state index < -0.39 is 0 Å². The summed E-state index contributed by atoms with van der Waals surface area (Å²) in [5.41, 5.74) is 1.65. The zero-order chi connectivity index (χ0) is 18.4. The van der Waals surface area contributed by atoms with E-state index in [0.29, 0.717) is 26.6 Å². The van der Waals surface area contributed by atoms with Gasteiger partial charge in [-0.2, -0.15) is 0 Å². The SMILES string of the molecule is O=C(CSc1nnc(NCc2ccccc2)s1)Nc1cc(Cl)ccc1Cl. The summed E-state index contributed by atoms with van der Waals surface area (Å²) in [6.45, 7) is 0.674. The van der Waals surface area contributed by atoms with E-state index in [1.54, 1.807) is 18.2 Å². The third kappa shape index (κ3) is 5.60. The van der Waals surface area contributed by atoms with Gasteiger partial charge in [-0.15, -0.1) is 10.2 Å². The Morgan fingerprint density at radius 1 is 1.12 bits per heavy atom. The zero-order valence-electron chi connectivity index (χ0n) is 13.4. The number of nitrogens with one attached hydrogen (secondary N) is 2. The first-order valence-electron chi connectivity index (χ1n) is 7.59. The molecule has 3 aromatic rings. The van der Waals surface area contributed by atoms with Gasteiger partial charge in [-0.3, -0.25) is 4.79 Å². The van der Waals surface area contributed by atoms with Gasteiger partial charge in [-0.25, -0.2) is 0 Å². The Labute approximate surface area is 169 Å². The average molecular weight is 425 g/mol. The number of rotatable bonds is 7. The van der Waals surface area contributed by atoms with Crippen LogP contribution in [-0.4, -0.2) is 21.9 Å². The molecule has 26 heavy (non-hydrogen) atoms. The van der Waals surface area contributed by atoms with Crippen LogP contribution in [0, 0.1) is 0 Å². The van der Waals surface area contributed by atoms with Crippen LogP contribution in [0.3, 0.4) is 0 Å². The molecule has 134 valence electrons. The number of halogens is 2. The van der Waals surface area contributed by atoms with Crippen LogP contribution in [-0.2, 0) is 11.3 Å². The Morgan fingerprint density at radius 3 is 2.73 bits per heavy atom. The summed E-state index contributed by atoms with van der Waals surface area (Å²) in [5.74, 6) is 0.0176. The van der Waals surface area contributed by atoms with Crippen molar-refractivity contribution in [2.75, 3.05) is 16.4 Å². The molecule has 0 aliphatic carbocycles. The number of aromatic nitrogens is 2. The van der Waals surface area contributed by atoms with Gasteiger partial charge in [-0.1, -0.05) is 76.6 Å². The van der Waals surface area contributed by atoms with Crippen LogP contribution in [0.2, 0.25) is 10.0 Å². The quantitative estimate of drug-likeness (QED) is 0.510. The highest BCUT2D eigenvalue weighted by Crippen LogP contribution is 2.28. The summed E-state index contributed by atoms with van der Waals surface area (Å²) in [7, 11) is 0. The Kier molecular flexibility index (Phi) is 6.73. The van der Waals surface area contributed by atoms with Gasteiger partial charge in [0.2, 0.25) is 11.0 Å². The molecule has 0 radical (unpaired) electrons. The van der Waals surface area contributed by atoms with E-state index in [-0.39, 0.29) is 11.7 Å². The van der Waals surface area contributed by atoms with Crippen molar-refractivity contribution >= 4 is 63.0 Å². The van der Waals surface area contributed by atoms with Crippen LogP contribution in [0.1, 0.15) is 5.56 Å². The third-order valence-electron chi connectivity index (χ3n) is 3.22. The van der Waals surface area contributed by atoms with Crippen LogP contribution in [0.25, 0.3) is 0 Å². The van der Waals surface area contributed by atoms with Gasteiger partial charge in [-0.05, 0) is 23.8 Å². The van der Waals surface area contributed by atoms with Crippen molar-refractivity contribution < 1.29 is 4.79 Å². The highest BCUT2D eigenvalue weighted by atomic mass is 35.5. The highest BCUT2D eigenvalue weighted by molar-refractivity contribution is 8.01. The average Bonchev–Trinajstić information content (AvgIpc) is 3.10. The number of amides is 1. The maximum Gasteiger partial charge on any atom is 0.234 e. The summed E-state index contributed by atoms with van der Waals surface area (Å²) >= 11 is 14.7. The predicted octanol–water partition coefficient (Wildman–Crippen LogP) is 5.19. The van der Waals surface area contributed by atoms with E-state index in [2.05, 4.69) is 20.8 Å². The molecule has 0 saturated heterocycles. The summed E-state index contributed by atoms with van der Waals surface area (Å²) in [6, 6.07) is 15.0. The van der Waals surface area contributed by atoms with Crippen molar-refractivity contribution in [2.24, 2.45) is 0 Å². The van der Waals surface area contributed by atoms with Crippen molar-refractivity contribution in [2.45, 2.75) is 10.9 Å². The number of thioether (sulfide) groups is 1. The third-order valence-corrected chi connectivity index (χ3v) is 5.80.